The molecule has 3 nitrogen and oxygen atoms in total. The Morgan fingerprint density at radius 3 is 2.82 bits per heavy atom. The number of aromatic nitrogens is 2. The standard InChI is InChI=1S/C16H8ClFN2OS/c17-10-4-3-5-11(18)9(10)8-14-15(21)20-13-7-2-1-6-12(13)19-16(20)22-14/h1-8H. The molecular formula is C16H8ClFN2OS. The molecule has 0 saturated heterocycles. The second-order valence-corrected chi connectivity index (χ2v) is 6.19. The molecule has 108 valence electrons. The average Bonchev–Trinajstić information content (AvgIpc) is 3.00. The summed E-state index contributed by atoms with van der Waals surface area (Å²) in [5, 5.41) is 0.273. The summed E-state index contributed by atoms with van der Waals surface area (Å²) in [6.45, 7) is 0. The third kappa shape index (κ3) is 1.94. The van der Waals surface area contributed by atoms with Crippen molar-refractivity contribution in [3.63, 3.8) is 0 Å². The maximum absolute atomic E-state index is 13.9. The Hall–Kier alpha value is -2.24. The monoisotopic (exact) mass is 330 g/mol. The number of hydrogen-bond acceptors (Lipinski definition) is 3. The molecule has 0 radical (unpaired) electrons. The molecule has 2 aromatic heterocycles. The molecule has 0 spiro atoms. The number of thiazole rings is 1. The zero-order valence-electron chi connectivity index (χ0n) is 11.1. The summed E-state index contributed by atoms with van der Waals surface area (Å²) in [6.07, 6.45) is 1.48. The van der Waals surface area contributed by atoms with Crippen LogP contribution in [0.5, 0.6) is 0 Å². The first kappa shape index (κ1) is 13.4. The number of rotatable bonds is 1. The smallest absolute Gasteiger partial charge is 0.267 e. The topological polar surface area (TPSA) is 34.4 Å². The highest BCUT2D eigenvalue weighted by Crippen LogP contribution is 2.20. The third-order valence-electron chi connectivity index (χ3n) is 3.42. The van der Waals surface area contributed by atoms with Crippen LogP contribution >= 0.6 is 22.9 Å². The highest BCUT2D eigenvalue weighted by Gasteiger charge is 2.11. The molecular weight excluding hydrogens is 323 g/mol. The largest absolute Gasteiger partial charge is 0.274 e. The van der Waals surface area contributed by atoms with Crippen LogP contribution in [0.4, 0.5) is 4.39 Å². The van der Waals surface area contributed by atoms with Gasteiger partial charge in [0.05, 0.1) is 20.6 Å². The Balaban J connectivity index is 2.06. The molecule has 0 N–H and O–H groups in total. The molecule has 4 aromatic rings. The minimum Gasteiger partial charge on any atom is -0.267 e. The quantitative estimate of drug-likeness (QED) is 0.537. The Bertz CT molecular complexity index is 1110. The Morgan fingerprint density at radius 1 is 1.18 bits per heavy atom. The fourth-order valence-corrected chi connectivity index (χ4v) is 3.58. The van der Waals surface area contributed by atoms with Crippen LogP contribution in [-0.4, -0.2) is 9.38 Å². The summed E-state index contributed by atoms with van der Waals surface area (Å²) in [6, 6.07) is 11.9. The average molecular weight is 331 g/mol. The van der Waals surface area contributed by atoms with Crippen molar-refractivity contribution < 1.29 is 4.39 Å². The SMILES string of the molecule is O=c1c(=Cc2c(F)cccc2Cl)sc2nc3ccccc3n12. The van der Waals surface area contributed by atoms with E-state index in [1.807, 2.05) is 24.3 Å². The van der Waals surface area contributed by atoms with E-state index >= 15 is 0 Å². The van der Waals surface area contributed by atoms with Gasteiger partial charge in [-0.1, -0.05) is 41.1 Å². The van der Waals surface area contributed by atoms with Crippen molar-refractivity contribution in [3.05, 3.63) is 73.8 Å². The van der Waals surface area contributed by atoms with Crippen molar-refractivity contribution in [2.45, 2.75) is 0 Å². The van der Waals surface area contributed by atoms with Gasteiger partial charge in [-0.25, -0.2) is 13.8 Å². The van der Waals surface area contributed by atoms with Crippen molar-refractivity contribution >= 4 is 45.0 Å². The predicted molar refractivity (Wildman–Crippen MR) is 87.0 cm³/mol. The predicted octanol–water partition coefficient (Wildman–Crippen LogP) is 3.25. The first-order valence-electron chi connectivity index (χ1n) is 6.51. The van der Waals surface area contributed by atoms with Gasteiger partial charge < -0.3 is 0 Å². The fourth-order valence-electron chi connectivity index (χ4n) is 2.39. The lowest BCUT2D eigenvalue weighted by Crippen LogP contribution is -2.22. The summed E-state index contributed by atoms with van der Waals surface area (Å²) in [5.41, 5.74) is 1.52. The molecule has 0 aliphatic heterocycles. The molecule has 0 aliphatic rings. The lowest BCUT2D eigenvalue weighted by molar-refractivity contribution is 0.625. The van der Waals surface area contributed by atoms with E-state index in [9.17, 15) is 9.18 Å². The van der Waals surface area contributed by atoms with Gasteiger partial charge in [0, 0.05) is 5.56 Å². The second-order valence-electron chi connectivity index (χ2n) is 4.77. The van der Waals surface area contributed by atoms with Gasteiger partial charge in [-0.3, -0.25) is 4.79 Å². The van der Waals surface area contributed by atoms with Gasteiger partial charge >= 0.3 is 0 Å². The van der Waals surface area contributed by atoms with Gasteiger partial charge in [0.2, 0.25) is 0 Å². The summed E-state index contributed by atoms with van der Waals surface area (Å²) >= 11 is 7.23. The Labute approximate surface area is 132 Å². The summed E-state index contributed by atoms with van der Waals surface area (Å²) in [7, 11) is 0. The fraction of sp³-hybridized carbons (Fsp3) is 0. The van der Waals surface area contributed by atoms with Gasteiger partial charge in [-0.05, 0) is 30.3 Å². The molecule has 0 fully saturated rings. The van der Waals surface area contributed by atoms with E-state index in [-0.39, 0.29) is 16.1 Å². The maximum atomic E-state index is 13.9. The molecule has 2 aromatic carbocycles. The molecule has 0 aliphatic carbocycles. The first-order valence-corrected chi connectivity index (χ1v) is 7.70. The molecule has 0 saturated carbocycles. The van der Waals surface area contributed by atoms with Gasteiger partial charge in [-0.2, -0.15) is 0 Å². The third-order valence-corrected chi connectivity index (χ3v) is 4.72. The van der Waals surface area contributed by atoms with Gasteiger partial charge in [0.25, 0.3) is 5.56 Å². The van der Waals surface area contributed by atoms with Crippen LogP contribution in [0, 0.1) is 5.82 Å². The van der Waals surface area contributed by atoms with Gasteiger partial charge in [0.15, 0.2) is 4.96 Å². The second kappa shape index (κ2) is 4.90. The van der Waals surface area contributed by atoms with Crippen molar-refractivity contribution in [3.8, 4) is 0 Å². The van der Waals surface area contributed by atoms with Crippen LogP contribution < -0.4 is 10.1 Å². The number of nitrogens with zero attached hydrogens (tertiary/aromatic N) is 2. The molecule has 0 unspecified atom stereocenters. The number of halogens is 2. The first-order chi connectivity index (χ1) is 10.6. The van der Waals surface area contributed by atoms with Crippen molar-refractivity contribution in [1.82, 2.24) is 9.38 Å². The normalized spacial score (nSPS) is 12.5. The van der Waals surface area contributed by atoms with E-state index < -0.39 is 5.82 Å². The Morgan fingerprint density at radius 2 is 2.00 bits per heavy atom. The van der Waals surface area contributed by atoms with Crippen LogP contribution in [0.3, 0.4) is 0 Å². The van der Waals surface area contributed by atoms with Crippen LogP contribution in [0.2, 0.25) is 5.02 Å². The van der Waals surface area contributed by atoms with E-state index in [1.165, 1.54) is 29.5 Å². The zero-order valence-corrected chi connectivity index (χ0v) is 12.7. The van der Waals surface area contributed by atoms with Crippen molar-refractivity contribution in [2.75, 3.05) is 0 Å². The minimum absolute atomic E-state index is 0.215. The summed E-state index contributed by atoms with van der Waals surface area (Å²) in [5.74, 6) is -0.456. The van der Waals surface area contributed by atoms with Crippen LogP contribution in [0.25, 0.3) is 22.1 Å². The Kier molecular flexibility index (Phi) is 2.99. The number of para-hydroxylation sites is 2. The van der Waals surface area contributed by atoms with Crippen LogP contribution in [-0.2, 0) is 0 Å². The van der Waals surface area contributed by atoms with E-state index in [0.717, 1.165) is 11.0 Å². The molecule has 0 atom stereocenters. The van der Waals surface area contributed by atoms with Crippen molar-refractivity contribution in [1.29, 1.82) is 0 Å². The number of fused-ring (bicyclic) bond motifs is 3. The molecule has 22 heavy (non-hydrogen) atoms. The molecule has 0 amide bonds. The van der Waals surface area contributed by atoms with E-state index in [1.54, 1.807) is 10.5 Å². The summed E-state index contributed by atoms with van der Waals surface area (Å²) in [4.78, 5) is 17.6. The zero-order chi connectivity index (χ0) is 15.3. The molecule has 2 heterocycles. The molecule has 0 bridgehead atoms. The molecule has 4 rings (SSSR count). The minimum atomic E-state index is -0.456. The van der Waals surface area contributed by atoms with Crippen LogP contribution in [0.15, 0.2) is 47.3 Å². The number of imidazole rings is 1. The highest BCUT2D eigenvalue weighted by molar-refractivity contribution is 7.15. The number of hydrogen-bond donors (Lipinski definition) is 0. The van der Waals surface area contributed by atoms with E-state index in [0.29, 0.717) is 9.49 Å². The van der Waals surface area contributed by atoms with E-state index in [2.05, 4.69) is 4.98 Å². The molecule has 6 heteroatoms. The lowest BCUT2D eigenvalue weighted by atomic mass is 10.2. The van der Waals surface area contributed by atoms with E-state index in [4.69, 9.17) is 11.6 Å². The number of benzene rings is 2. The summed E-state index contributed by atoms with van der Waals surface area (Å²) < 4.78 is 15.8. The van der Waals surface area contributed by atoms with Gasteiger partial charge in [0.1, 0.15) is 5.82 Å². The van der Waals surface area contributed by atoms with Crippen LogP contribution in [0.1, 0.15) is 5.56 Å². The van der Waals surface area contributed by atoms with Gasteiger partial charge in [-0.15, -0.1) is 0 Å². The highest BCUT2D eigenvalue weighted by atomic mass is 35.5. The lowest BCUT2D eigenvalue weighted by Gasteiger charge is -1.97. The van der Waals surface area contributed by atoms with Crippen molar-refractivity contribution in [2.24, 2.45) is 0 Å². The maximum Gasteiger partial charge on any atom is 0.274 e.